The van der Waals surface area contributed by atoms with E-state index in [-0.39, 0.29) is 54.1 Å². The smallest absolute Gasteiger partial charge is 0.482 e. The third-order valence-electron chi connectivity index (χ3n) is 5.94. The maximum absolute atomic E-state index is 14.4. The van der Waals surface area contributed by atoms with Gasteiger partial charge in [0.05, 0.1) is 11.9 Å². The third kappa shape index (κ3) is 4.79. The van der Waals surface area contributed by atoms with Crippen LogP contribution in [0.15, 0.2) is 48.7 Å². The molecule has 6 rings (SSSR count). The van der Waals surface area contributed by atoms with Gasteiger partial charge >= 0.3 is 6.29 Å². The molecular weight excluding hydrogens is 537 g/mol. The van der Waals surface area contributed by atoms with Gasteiger partial charge in [0, 0.05) is 19.2 Å². The van der Waals surface area contributed by atoms with Crippen molar-refractivity contribution in [3.05, 3.63) is 77.0 Å². The van der Waals surface area contributed by atoms with E-state index in [9.17, 15) is 27.6 Å². The Hall–Kier alpha value is -5.34. The average molecular weight is 554 g/mol. The predicted octanol–water partition coefficient (Wildman–Crippen LogP) is 2.38. The zero-order valence-corrected chi connectivity index (χ0v) is 20.2. The first-order valence-corrected chi connectivity index (χ1v) is 11.7. The first-order valence-electron chi connectivity index (χ1n) is 11.7. The number of hydrogen-bond acceptors (Lipinski definition) is 8. The number of benzene rings is 2. The van der Waals surface area contributed by atoms with Crippen molar-refractivity contribution in [2.24, 2.45) is 0 Å². The van der Waals surface area contributed by atoms with Crippen molar-refractivity contribution in [3.63, 3.8) is 0 Å². The van der Waals surface area contributed by atoms with Gasteiger partial charge in [-0.15, -0.1) is 8.78 Å². The molecule has 12 nitrogen and oxygen atoms in total. The molecule has 0 saturated carbocycles. The fourth-order valence-electron chi connectivity index (χ4n) is 4.10. The third-order valence-corrected chi connectivity index (χ3v) is 5.94. The van der Waals surface area contributed by atoms with E-state index >= 15 is 0 Å². The van der Waals surface area contributed by atoms with Gasteiger partial charge in [-0.25, -0.2) is 13.9 Å². The lowest BCUT2D eigenvalue weighted by Gasteiger charge is -2.18. The Morgan fingerprint density at radius 1 is 0.975 bits per heavy atom. The number of alkyl halides is 2. The van der Waals surface area contributed by atoms with Crippen LogP contribution >= 0.6 is 0 Å². The normalized spacial score (nSPS) is 14.7. The Morgan fingerprint density at radius 2 is 1.68 bits per heavy atom. The largest absolute Gasteiger partial charge is 0.586 e. The van der Waals surface area contributed by atoms with Crippen LogP contribution in [0.2, 0.25) is 0 Å². The topological polar surface area (TPSA) is 145 Å². The molecule has 0 radical (unpaired) electrons. The summed E-state index contributed by atoms with van der Waals surface area (Å²) in [4.78, 5) is 41.5. The lowest BCUT2D eigenvalue weighted by Crippen LogP contribution is -2.29. The zero-order valence-electron chi connectivity index (χ0n) is 20.2. The molecule has 2 aliphatic heterocycles. The summed E-state index contributed by atoms with van der Waals surface area (Å²) < 4.78 is 55.9. The molecule has 2 aliphatic rings. The molecule has 3 amide bonds. The Kier molecular flexibility index (Phi) is 5.89. The molecule has 2 aromatic heterocycles. The number of carbonyl (C=O) groups excluding carboxylic acids is 3. The molecule has 40 heavy (non-hydrogen) atoms. The molecule has 0 spiro atoms. The van der Waals surface area contributed by atoms with E-state index in [1.165, 1.54) is 18.2 Å². The summed E-state index contributed by atoms with van der Waals surface area (Å²) in [6, 6.07) is 10.1. The van der Waals surface area contributed by atoms with Gasteiger partial charge in [-0.1, -0.05) is 12.1 Å². The summed E-state index contributed by atoms with van der Waals surface area (Å²) in [6.07, 6.45) is -2.93. The van der Waals surface area contributed by atoms with Gasteiger partial charge in [-0.05, 0) is 35.4 Å². The van der Waals surface area contributed by atoms with Gasteiger partial charge in [0.2, 0.25) is 0 Å². The number of hydrogen-bond donors (Lipinski definition) is 3. The Labute approximate surface area is 222 Å². The van der Waals surface area contributed by atoms with E-state index in [2.05, 4.69) is 35.5 Å². The number of aromatic nitrogens is 3. The van der Waals surface area contributed by atoms with Gasteiger partial charge in [0.25, 0.3) is 17.7 Å². The monoisotopic (exact) mass is 554 g/mol. The number of ether oxygens (including phenoxy) is 3. The first kappa shape index (κ1) is 25.0. The fraction of sp³-hybridized carbons (Fsp3) is 0.160. The van der Waals surface area contributed by atoms with Crippen molar-refractivity contribution in [3.8, 4) is 17.2 Å². The van der Waals surface area contributed by atoms with Crippen molar-refractivity contribution >= 4 is 29.1 Å². The van der Waals surface area contributed by atoms with Crippen LogP contribution in [0.5, 0.6) is 17.2 Å². The Morgan fingerprint density at radius 3 is 2.48 bits per heavy atom. The van der Waals surface area contributed by atoms with Gasteiger partial charge in [0.15, 0.2) is 29.6 Å². The number of halogens is 3. The van der Waals surface area contributed by atoms with Crippen LogP contribution in [0.3, 0.4) is 0 Å². The standard InChI is InChI=1S/C25H17F3N6O6/c26-14-10-31-34-17(24(37)30-9-13-2-4-19-20(6-13)40-25(27,28)39-19)7-16(33-22(14)34)23(36)29-8-12-1-3-18-15(5-12)32-21(35)11-38-18/h1-7,10H,8-9,11H2,(H,29,36)(H,30,37)(H,32,35). The number of anilines is 1. The highest BCUT2D eigenvalue weighted by Crippen LogP contribution is 2.41. The summed E-state index contributed by atoms with van der Waals surface area (Å²) >= 11 is 0. The van der Waals surface area contributed by atoms with Gasteiger partial charge < -0.3 is 30.2 Å². The fourth-order valence-corrected chi connectivity index (χ4v) is 4.10. The number of rotatable bonds is 6. The van der Waals surface area contributed by atoms with Crippen LogP contribution in [0.1, 0.15) is 32.1 Å². The maximum Gasteiger partial charge on any atom is 0.586 e. The molecular formula is C25H17F3N6O6. The molecule has 0 atom stereocenters. The van der Waals surface area contributed by atoms with Gasteiger partial charge in [-0.2, -0.15) is 5.10 Å². The number of carbonyl (C=O) groups is 3. The molecule has 0 saturated heterocycles. The highest BCUT2D eigenvalue weighted by molar-refractivity contribution is 5.98. The summed E-state index contributed by atoms with van der Waals surface area (Å²) in [6.45, 7) is -0.177. The summed E-state index contributed by atoms with van der Waals surface area (Å²) in [7, 11) is 0. The van der Waals surface area contributed by atoms with Crippen LogP contribution in [0.25, 0.3) is 5.65 Å². The molecule has 4 aromatic rings. The minimum Gasteiger partial charge on any atom is -0.482 e. The molecule has 2 aromatic carbocycles. The molecule has 4 heterocycles. The second-order valence-corrected chi connectivity index (χ2v) is 8.74. The number of nitrogens with one attached hydrogen (secondary N) is 3. The molecule has 0 aliphatic carbocycles. The van der Waals surface area contributed by atoms with E-state index in [0.29, 0.717) is 22.6 Å². The SMILES string of the molecule is O=C1COc2ccc(CNC(=O)c3cc(C(=O)NCc4ccc5c(c4)OC(F)(F)O5)n4ncc(F)c4n3)cc2N1. The molecule has 204 valence electrons. The van der Waals surface area contributed by atoms with E-state index in [0.717, 1.165) is 16.8 Å². The van der Waals surface area contributed by atoms with Crippen LogP contribution in [-0.4, -0.2) is 45.2 Å². The first-order chi connectivity index (χ1) is 19.1. The Balaban J connectivity index is 1.18. The lowest BCUT2D eigenvalue weighted by atomic mass is 10.1. The van der Waals surface area contributed by atoms with E-state index in [4.69, 9.17) is 4.74 Å². The molecule has 3 N–H and O–H groups in total. The molecule has 15 heteroatoms. The molecule has 0 fully saturated rings. The van der Waals surface area contributed by atoms with Crippen molar-refractivity contribution < 1.29 is 41.8 Å². The highest BCUT2D eigenvalue weighted by atomic mass is 19.3. The molecule has 0 unspecified atom stereocenters. The predicted molar refractivity (Wildman–Crippen MR) is 128 cm³/mol. The van der Waals surface area contributed by atoms with Crippen molar-refractivity contribution in [1.29, 1.82) is 0 Å². The summed E-state index contributed by atoms with van der Waals surface area (Å²) in [5, 5.41) is 11.7. The Bertz CT molecular complexity index is 1710. The van der Waals surface area contributed by atoms with Crippen LogP contribution in [0, 0.1) is 5.82 Å². The summed E-state index contributed by atoms with van der Waals surface area (Å²) in [5.74, 6) is -2.44. The van der Waals surface area contributed by atoms with Crippen LogP contribution in [-0.2, 0) is 17.9 Å². The highest BCUT2D eigenvalue weighted by Gasteiger charge is 2.43. The van der Waals surface area contributed by atoms with E-state index < -0.39 is 23.9 Å². The number of nitrogens with zero attached hydrogens (tertiary/aromatic N) is 3. The second-order valence-electron chi connectivity index (χ2n) is 8.74. The second kappa shape index (κ2) is 9.44. The van der Waals surface area contributed by atoms with E-state index in [1.54, 1.807) is 18.2 Å². The van der Waals surface area contributed by atoms with Crippen molar-refractivity contribution in [1.82, 2.24) is 25.2 Å². The van der Waals surface area contributed by atoms with Crippen LogP contribution in [0.4, 0.5) is 18.9 Å². The minimum atomic E-state index is -3.78. The zero-order chi connectivity index (χ0) is 28.0. The number of fused-ring (bicyclic) bond motifs is 3. The summed E-state index contributed by atoms with van der Waals surface area (Å²) in [5.41, 5.74) is 0.705. The van der Waals surface area contributed by atoms with E-state index in [1.807, 2.05) is 0 Å². The maximum atomic E-state index is 14.4. The van der Waals surface area contributed by atoms with Crippen molar-refractivity contribution in [2.75, 3.05) is 11.9 Å². The minimum absolute atomic E-state index is 0.0290. The average Bonchev–Trinajstić information content (AvgIpc) is 3.46. The quantitative estimate of drug-likeness (QED) is 0.330. The molecule has 0 bridgehead atoms. The lowest BCUT2D eigenvalue weighted by molar-refractivity contribution is -0.286. The number of amides is 3. The van der Waals surface area contributed by atoms with Gasteiger partial charge in [0.1, 0.15) is 17.1 Å². The van der Waals surface area contributed by atoms with Crippen molar-refractivity contribution in [2.45, 2.75) is 19.4 Å². The van der Waals surface area contributed by atoms with Gasteiger partial charge in [-0.3, -0.25) is 14.4 Å². The van der Waals surface area contributed by atoms with Crippen LogP contribution < -0.4 is 30.2 Å².